The van der Waals surface area contributed by atoms with Gasteiger partial charge in [-0.3, -0.25) is 0 Å². The summed E-state index contributed by atoms with van der Waals surface area (Å²) in [7, 11) is 0. The summed E-state index contributed by atoms with van der Waals surface area (Å²) in [5, 5.41) is 4.22. The van der Waals surface area contributed by atoms with Crippen molar-refractivity contribution in [1.82, 2.24) is 15.0 Å². The lowest BCUT2D eigenvalue weighted by Crippen LogP contribution is -2.48. The van der Waals surface area contributed by atoms with Gasteiger partial charge >= 0.3 is 0 Å². The first-order valence-corrected chi connectivity index (χ1v) is 19.4. The van der Waals surface area contributed by atoms with E-state index >= 15 is 0 Å². The highest BCUT2D eigenvalue weighted by Crippen LogP contribution is 2.61. The Morgan fingerprint density at radius 3 is 1.46 bits per heavy atom. The summed E-state index contributed by atoms with van der Waals surface area (Å²) in [6.45, 7) is 0. The molecular formula is C49H37N3O2. The molecular weight excluding hydrogens is 663 g/mol. The van der Waals surface area contributed by atoms with Gasteiger partial charge in [-0.1, -0.05) is 103 Å². The van der Waals surface area contributed by atoms with Gasteiger partial charge in [-0.15, -0.1) is 0 Å². The van der Waals surface area contributed by atoms with E-state index in [0.29, 0.717) is 17.5 Å². The first kappa shape index (κ1) is 30.4. The molecule has 54 heavy (non-hydrogen) atoms. The molecule has 4 fully saturated rings. The lowest BCUT2D eigenvalue weighted by Gasteiger charge is -2.57. The Labute approximate surface area is 312 Å². The van der Waals surface area contributed by atoms with Crippen LogP contribution < -0.4 is 0 Å². The lowest BCUT2D eigenvalue weighted by molar-refractivity contribution is -0.00516. The van der Waals surface area contributed by atoms with Gasteiger partial charge in [0.25, 0.3) is 0 Å². The Balaban J connectivity index is 1.11. The van der Waals surface area contributed by atoms with E-state index in [-0.39, 0.29) is 5.41 Å². The second-order valence-electron chi connectivity index (χ2n) is 16.2. The van der Waals surface area contributed by atoms with Crippen LogP contribution in [-0.4, -0.2) is 15.0 Å². The second kappa shape index (κ2) is 11.5. The van der Waals surface area contributed by atoms with Crippen LogP contribution in [0, 0.1) is 17.8 Å². The van der Waals surface area contributed by atoms with Crippen molar-refractivity contribution in [2.45, 2.75) is 43.9 Å². The van der Waals surface area contributed by atoms with E-state index in [2.05, 4.69) is 109 Å². The molecule has 4 saturated carbocycles. The maximum absolute atomic E-state index is 6.55. The average Bonchev–Trinajstić information content (AvgIpc) is 3.79. The smallest absolute Gasteiger partial charge is 0.167 e. The predicted octanol–water partition coefficient (Wildman–Crippen LogP) is 12.8. The van der Waals surface area contributed by atoms with E-state index in [1.807, 2.05) is 24.3 Å². The molecule has 5 heteroatoms. The van der Waals surface area contributed by atoms with Crippen LogP contribution in [0.2, 0.25) is 0 Å². The van der Waals surface area contributed by atoms with Gasteiger partial charge in [-0.2, -0.15) is 0 Å². The number of nitrogens with zero attached hydrogens (tertiary/aromatic N) is 3. The molecule has 0 saturated heterocycles. The van der Waals surface area contributed by atoms with Crippen molar-refractivity contribution in [1.29, 1.82) is 0 Å². The van der Waals surface area contributed by atoms with Crippen LogP contribution in [0.3, 0.4) is 0 Å². The highest BCUT2D eigenvalue weighted by molar-refractivity contribution is 6.10. The third-order valence-corrected chi connectivity index (χ3v) is 12.9. The van der Waals surface area contributed by atoms with Gasteiger partial charge in [0.05, 0.1) is 11.1 Å². The molecule has 3 heterocycles. The van der Waals surface area contributed by atoms with Gasteiger partial charge in [0.2, 0.25) is 0 Å². The Morgan fingerprint density at radius 2 is 0.907 bits per heavy atom. The van der Waals surface area contributed by atoms with E-state index in [9.17, 15) is 0 Å². The van der Waals surface area contributed by atoms with Crippen LogP contribution in [0.25, 0.3) is 89.2 Å². The van der Waals surface area contributed by atoms with Crippen molar-refractivity contribution in [2.75, 3.05) is 0 Å². The fraction of sp³-hybridized carbons (Fsp3) is 0.204. The summed E-state index contributed by atoms with van der Waals surface area (Å²) < 4.78 is 13.1. The summed E-state index contributed by atoms with van der Waals surface area (Å²) in [5.74, 6) is 4.37. The first-order chi connectivity index (χ1) is 26.7. The van der Waals surface area contributed by atoms with Gasteiger partial charge < -0.3 is 8.83 Å². The van der Waals surface area contributed by atoms with E-state index in [1.165, 1.54) is 49.7 Å². The van der Waals surface area contributed by atoms with Crippen LogP contribution in [0.5, 0.6) is 0 Å². The van der Waals surface area contributed by atoms with Crippen LogP contribution in [-0.2, 0) is 5.41 Å². The fourth-order valence-electron chi connectivity index (χ4n) is 11.0. The Hall–Kier alpha value is -6.07. The average molecular weight is 700 g/mol. The molecule has 6 aromatic carbocycles. The topological polar surface area (TPSA) is 65.0 Å². The molecule has 0 N–H and O–H groups in total. The van der Waals surface area contributed by atoms with Crippen molar-refractivity contribution >= 4 is 43.9 Å². The number of hydrogen-bond acceptors (Lipinski definition) is 5. The quantitative estimate of drug-likeness (QED) is 0.179. The van der Waals surface area contributed by atoms with Crippen molar-refractivity contribution < 1.29 is 8.83 Å². The molecule has 3 aromatic heterocycles. The van der Waals surface area contributed by atoms with Crippen LogP contribution in [0.1, 0.15) is 44.1 Å². The lowest BCUT2D eigenvalue weighted by atomic mass is 9.48. The monoisotopic (exact) mass is 699 g/mol. The Morgan fingerprint density at radius 1 is 0.426 bits per heavy atom. The molecule has 260 valence electrons. The maximum atomic E-state index is 6.55. The molecule has 0 amide bonds. The van der Waals surface area contributed by atoms with E-state index in [0.717, 1.165) is 83.9 Å². The number of fused-ring (bicyclic) bond motifs is 6. The molecule has 4 bridgehead atoms. The molecule has 0 atom stereocenters. The van der Waals surface area contributed by atoms with Gasteiger partial charge in [-0.25, -0.2) is 15.0 Å². The molecule has 0 unspecified atom stereocenters. The molecule has 0 radical (unpaired) electrons. The molecule has 0 aliphatic heterocycles. The summed E-state index contributed by atoms with van der Waals surface area (Å²) in [5.41, 5.74) is 9.95. The molecule has 5 nitrogen and oxygen atoms in total. The maximum Gasteiger partial charge on any atom is 0.167 e. The van der Waals surface area contributed by atoms with Crippen LogP contribution in [0.4, 0.5) is 0 Å². The standard InChI is InChI=1S/C49H37N3O2/c1-2-10-32(11-3-1)41-25-33(49-26-29-22-30(27-49)24-31(23-29)28-49)20-21-38(41)46-50-47(39-16-8-14-36-34-12-4-6-18-42(34)53-44(36)39)52-48(51-46)40-17-9-15-37-35-13-5-7-19-43(35)54-45(37)40/h1-21,25,29-31H,22-24,26-28H2. The van der Waals surface area contributed by atoms with Gasteiger partial charge in [0.1, 0.15) is 22.3 Å². The summed E-state index contributed by atoms with van der Waals surface area (Å²) >= 11 is 0. The van der Waals surface area contributed by atoms with Crippen LogP contribution >= 0.6 is 0 Å². The SMILES string of the molecule is c1ccc(-c2cc(C34CC5CC(CC(C5)C3)C4)ccc2-c2nc(-c3cccc4c3oc3ccccc34)nc(-c3cccc4c3oc3ccccc34)n2)cc1. The first-order valence-electron chi connectivity index (χ1n) is 19.4. The normalized spacial score (nSPS) is 21.9. The number of para-hydroxylation sites is 4. The van der Waals surface area contributed by atoms with Gasteiger partial charge in [-0.05, 0) is 109 Å². The van der Waals surface area contributed by atoms with Crippen molar-refractivity contribution in [3.8, 4) is 45.3 Å². The number of aromatic nitrogens is 3. The number of hydrogen-bond donors (Lipinski definition) is 0. The predicted molar refractivity (Wildman–Crippen MR) is 216 cm³/mol. The molecule has 9 aromatic rings. The number of rotatable bonds is 5. The van der Waals surface area contributed by atoms with Gasteiger partial charge in [0.15, 0.2) is 17.5 Å². The zero-order valence-electron chi connectivity index (χ0n) is 29.8. The summed E-state index contributed by atoms with van der Waals surface area (Å²) in [6, 6.07) is 46.8. The largest absolute Gasteiger partial charge is 0.455 e. The van der Waals surface area contributed by atoms with E-state index in [4.69, 9.17) is 23.8 Å². The minimum Gasteiger partial charge on any atom is -0.455 e. The number of furan rings is 2. The summed E-state index contributed by atoms with van der Waals surface area (Å²) in [4.78, 5) is 15.9. The molecule has 0 spiro atoms. The third-order valence-electron chi connectivity index (χ3n) is 12.9. The highest BCUT2D eigenvalue weighted by Gasteiger charge is 2.51. The van der Waals surface area contributed by atoms with E-state index < -0.39 is 0 Å². The summed E-state index contributed by atoms with van der Waals surface area (Å²) in [6.07, 6.45) is 8.22. The van der Waals surface area contributed by atoms with Gasteiger partial charge in [0, 0.05) is 27.1 Å². The van der Waals surface area contributed by atoms with Crippen molar-refractivity contribution in [3.63, 3.8) is 0 Å². The molecule has 4 aliphatic carbocycles. The molecule has 4 aliphatic rings. The van der Waals surface area contributed by atoms with Crippen LogP contribution in [0.15, 0.2) is 142 Å². The zero-order valence-corrected chi connectivity index (χ0v) is 29.8. The molecule has 13 rings (SSSR count). The van der Waals surface area contributed by atoms with Crippen molar-refractivity contribution in [3.05, 3.63) is 139 Å². The Kier molecular flexibility index (Phi) is 6.45. The zero-order chi connectivity index (χ0) is 35.4. The number of benzene rings is 6. The third kappa shape index (κ3) is 4.60. The fourth-order valence-corrected chi connectivity index (χ4v) is 11.0. The highest BCUT2D eigenvalue weighted by atomic mass is 16.3. The van der Waals surface area contributed by atoms with E-state index in [1.54, 1.807) is 0 Å². The van der Waals surface area contributed by atoms with Crippen molar-refractivity contribution in [2.24, 2.45) is 17.8 Å². The second-order valence-corrected chi connectivity index (χ2v) is 16.2. The Bertz CT molecular complexity index is 2770. The minimum atomic E-state index is 0.264. The minimum absolute atomic E-state index is 0.264.